The minimum Gasteiger partial charge on any atom is -0.478 e. The van der Waals surface area contributed by atoms with E-state index in [4.69, 9.17) is 21.8 Å². The van der Waals surface area contributed by atoms with Gasteiger partial charge in [0.25, 0.3) is 0 Å². The topological polar surface area (TPSA) is 134 Å². The first-order valence-corrected chi connectivity index (χ1v) is 15.8. The minimum atomic E-state index is -1.26. The number of likely N-dealkylation sites (N-methyl/N-ethyl adjacent to an activating group) is 1. The number of carboxylic acid groups (broad SMARTS) is 2. The second-order valence-electron chi connectivity index (χ2n) is 11.4. The number of carboxylic acids is 2. The quantitative estimate of drug-likeness (QED) is 0.218. The van der Waals surface area contributed by atoms with Crippen molar-refractivity contribution < 1.29 is 19.8 Å². The average Bonchev–Trinajstić information content (AvgIpc) is 3.36. The maximum Gasteiger partial charge on any atom is 0.333 e. The molecule has 48 heavy (non-hydrogen) atoms. The molecule has 0 bridgehead atoms. The normalized spacial score (nSPS) is 13.7. The van der Waals surface area contributed by atoms with Gasteiger partial charge < -0.3 is 20.0 Å². The molecule has 11 nitrogen and oxygen atoms in total. The van der Waals surface area contributed by atoms with Gasteiger partial charge in [-0.2, -0.15) is 0 Å². The lowest BCUT2D eigenvalue weighted by Crippen LogP contribution is -2.46. The summed E-state index contributed by atoms with van der Waals surface area (Å²) in [6, 6.07) is 22.4. The van der Waals surface area contributed by atoms with Crippen LogP contribution in [0.1, 0.15) is 6.92 Å². The minimum absolute atomic E-state index is 0.137. The van der Waals surface area contributed by atoms with Crippen LogP contribution < -0.4 is 10.6 Å². The predicted octanol–water partition coefficient (Wildman–Crippen LogP) is 5.60. The molecule has 1 saturated heterocycles. The summed E-state index contributed by atoms with van der Waals surface area (Å²) in [7, 11) is 1.79. The molecule has 1 fully saturated rings. The highest BCUT2D eigenvalue weighted by atomic mass is 35.5. The lowest BCUT2D eigenvalue weighted by atomic mass is 10.0. The monoisotopic (exact) mass is 664 g/mol. The lowest BCUT2D eigenvalue weighted by molar-refractivity contribution is -0.134. The molecule has 12 heteroatoms. The number of hydrogen-bond acceptors (Lipinski definition) is 7. The molecular formula is C36H33ClN6O5. The third-order valence-corrected chi connectivity index (χ3v) is 8.83. The summed E-state index contributed by atoms with van der Waals surface area (Å²) >= 11 is 6.87. The Morgan fingerprint density at radius 1 is 0.854 bits per heavy atom. The van der Waals surface area contributed by atoms with Crippen molar-refractivity contribution in [2.24, 2.45) is 7.05 Å². The fraction of sp³-hybridized carbons (Fsp3) is 0.194. The van der Waals surface area contributed by atoms with Gasteiger partial charge in [0, 0.05) is 67.9 Å². The third-order valence-electron chi connectivity index (χ3n) is 8.53. The Bertz CT molecular complexity index is 2250. The van der Waals surface area contributed by atoms with E-state index in [0.717, 1.165) is 88.1 Å². The van der Waals surface area contributed by atoms with Gasteiger partial charge in [0.1, 0.15) is 0 Å². The van der Waals surface area contributed by atoms with Crippen LogP contribution in [-0.2, 0) is 16.6 Å². The van der Waals surface area contributed by atoms with Crippen molar-refractivity contribution in [3.8, 4) is 16.8 Å². The average molecular weight is 665 g/mol. The van der Waals surface area contributed by atoms with Gasteiger partial charge in [-0.15, -0.1) is 0 Å². The molecular weight excluding hydrogens is 632 g/mol. The summed E-state index contributed by atoms with van der Waals surface area (Å²) in [6.45, 7) is 7.16. The van der Waals surface area contributed by atoms with E-state index >= 15 is 0 Å². The zero-order valence-corrected chi connectivity index (χ0v) is 27.1. The summed E-state index contributed by atoms with van der Waals surface area (Å²) in [6.07, 6.45) is 4.79. The largest absolute Gasteiger partial charge is 0.478 e. The number of rotatable bonds is 6. The molecule has 244 valence electrons. The van der Waals surface area contributed by atoms with Crippen molar-refractivity contribution in [1.29, 1.82) is 0 Å². The molecule has 0 saturated carbocycles. The number of nitrogens with zero attached hydrogens (tertiary/aromatic N) is 6. The SMILES string of the molecule is CCN1CCN(c2ccc(-n3c(=O)n(C)c4cnc5ccc(-c6cnc7ccccc7c6)cc5c43)cc2Cl)CC1.O=C(O)/C=C\C(=O)O. The molecule has 7 rings (SSSR count). The molecule has 3 aromatic heterocycles. The van der Waals surface area contributed by atoms with Crippen LogP contribution in [-0.4, -0.2) is 78.9 Å². The molecule has 1 aliphatic heterocycles. The summed E-state index contributed by atoms with van der Waals surface area (Å²) in [4.78, 5) is 46.8. The van der Waals surface area contributed by atoms with Crippen molar-refractivity contribution in [1.82, 2.24) is 24.0 Å². The number of pyridine rings is 2. The number of aliphatic carboxylic acids is 2. The fourth-order valence-corrected chi connectivity index (χ4v) is 6.28. The van der Waals surface area contributed by atoms with Gasteiger partial charge in [-0.05, 0) is 54.6 Å². The fourth-order valence-electron chi connectivity index (χ4n) is 5.98. The summed E-state index contributed by atoms with van der Waals surface area (Å²) in [5, 5.41) is 18.3. The molecule has 0 radical (unpaired) electrons. The number of piperazine rings is 1. The molecule has 0 amide bonds. The van der Waals surface area contributed by atoms with Crippen molar-refractivity contribution >= 4 is 62.1 Å². The first kappa shape index (κ1) is 32.4. The van der Waals surface area contributed by atoms with E-state index in [9.17, 15) is 14.4 Å². The van der Waals surface area contributed by atoms with Crippen LogP contribution >= 0.6 is 11.6 Å². The lowest BCUT2D eigenvalue weighted by Gasteiger charge is -2.36. The van der Waals surface area contributed by atoms with Crippen LogP contribution in [0.4, 0.5) is 5.69 Å². The van der Waals surface area contributed by atoms with Crippen LogP contribution in [0, 0.1) is 0 Å². The Balaban J connectivity index is 0.000000449. The maximum absolute atomic E-state index is 13.6. The van der Waals surface area contributed by atoms with Crippen molar-refractivity contribution in [2.45, 2.75) is 6.92 Å². The van der Waals surface area contributed by atoms with E-state index in [1.807, 2.05) is 48.7 Å². The van der Waals surface area contributed by atoms with Crippen molar-refractivity contribution in [3.05, 3.63) is 107 Å². The Labute approximate surface area is 280 Å². The van der Waals surface area contributed by atoms with Crippen molar-refractivity contribution in [3.63, 3.8) is 0 Å². The number of halogens is 1. The van der Waals surface area contributed by atoms with Crippen LogP contribution in [0.5, 0.6) is 0 Å². The number of aromatic nitrogens is 4. The first-order valence-electron chi connectivity index (χ1n) is 15.4. The molecule has 6 aromatic rings. The summed E-state index contributed by atoms with van der Waals surface area (Å²) < 4.78 is 3.41. The van der Waals surface area contributed by atoms with E-state index in [0.29, 0.717) is 17.2 Å². The third kappa shape index (κ3) is 6.51. The first-order chi connectivity index (χ1) is 23.1. The second kappa shape index (κ2) is 13.7. The zero-order chi connectivity index (χ0) is 33.9. The van der Waals surface area contributed by atoms with Gasteiger partial charge in [-0.25, -0.2) is 14.4 Å². The Morgan fingerprint density at radius 3 is 2.25 bits per heavy atom. The summed E-state index contributed by atoms with van der Waals surface area (Å²) in [5.41, 5.74) is 6.99. The van der Waals surface area contributed by atoms with Gasteiger partial charge in [-0.1, -0.05) is 42.8 Å². The Kier molecular flexibility index (Phi) is 9.24. The standard InChI is InChI=1S/C32H29ClN6O.C4H4O4/c1-3-37-12-14-38(15-13-37)29-11-9-24(18-26(29)33)39-31-25-17-21(23-16-22-6-4-5-7-27(22)34-19-23)8-10-28(25)35-20-30(31)36(2)32(39)40;5-3(6)1-2-4(7)8/h4-11,16-20H,3,12-15H2,1-2H3;1-2H,(H,5,6)(H,7,8)/b;2-1-. The predicted molar refractivity (Wildman–Crippen MR) is 188 cm³/mol. The number of aryl methyl sites for hydroxylation is 1. The highest BCUT2D eigenvalue weighted by Crippen LogP contribution is 2.33. The number of imidazole rings is 1. The molecule has 3 aromatic carbocycles. The molecule has 2 N–H and O–H groups in total. The van der Waals surface area contributed by atoms with Gasteiger partial charge in [0.05, 0.1) is 44.7 Å². The number of para-hydroxylation sites is 1. The van der Waals surface area contributed by atoms with Gasteiger partial charge in [0.2, 0.25) is 0 Å². The second-order valence-corrected chi connectivity index (χ2v) is 11.8. The van der Waals surface area contributed by atoms with Gasteiger partial charge >= 0.3 is 17.6 Å². The molecule has 0 aliphatic carbocycles. The highest BCUT2D eigenvalue weighted by Gasteiger charge is 2.21. The zero-order valence-electron chi connectivity index (χ0n) is 26.4. The van der Waals surface area contributed by atoms with E-state index in [-0.39, 0.29) is 5.69 Å². The molecule has 4 heterocycles. The van der Waals surface area contributed by atoms with Gasteiger partial charge in [-0.3, -0.25) is 19.1 Å². The van der Waals surface area contributed by atoms with E-state index in [1.165, 1.54) is 0 Å². The van der Waals surface area contributed by atoms with Gasteiger partial charge in [0.15, 0.2) is 0 Å². The van der Waals surface area contributed by atoms with Crippen LogP contribution in [0.2, 0.25) is 5.02 Å². The van der Waals surface area contributed by atoms with Crippen LogP contribution in [0.15, 0.2) is 96.1 Å². The van der Waals surface area contributed by atoms with E-state index in [2.05, 4.69) is 51.0 Å². The van der Waals surface area contributed by atoms with E-state index < -0.39 is 11.9 Å². The highest BCUT2D eigenvalue weighted by molar-refractivity contribution is 6.33. The Hall–Kier alpha value is -5.52. The Morgan fingerprint density at radius 2 is 1.56 bits per heavy atom. The smallest absolute Gasteiger partial charge is 0.333 e. The molecule has 1 aliphatic rings. The number of benzene rings is 3. The number of carbonyl (C=O) groups is 2. The van der Waals surface area contributed by atoms with E-state index in [1.54, 1.807) is 22.4 Å². The number of anilines is 1. The van der Waals surface area contributed by atoms with Crippen LogP contribution in [0.3, 0.4) is 0 Å². The molecule has 0 unspecified atom stereocenters. The molecule has 0 spiro atoms. The molecule has 0 atom stereocenters. The number of fused-ring (bicyclic) bond motifs is 4. The van der Waals surface area contributed by atoms with Crippen molar-refractivity contribution in [2.75, 3.05) is 37.6 Å². The summed E-state index contributed by atoms with van der Waals surface area (Å²) in [5.74, 6) is -2.51. The number of hydrogen-bond donors (Lipinski definition) is 2. The maximum atomic E-state index is 13.6. The van der Waals surface area contributed by atoms with Crippen LogP contribution in [0.25, 0.3) is 49.7 Å².